The molecule has 0 amide bonds. The molecule has 11 heteroatoms. The highest BCUT2D eigenvalue weighted by Gasteiger charge is 2.76. The van der Waals surface area contributed by atoms with Gasteiger partial charge in [0, 0.05) is 44.0 Å². The molecular formula is C34H37NO10. The average Bonchev–Trinajstić information content (AvgIpc) is 3.55. The Hall–Kier alpha value is -3.93. The normalized spacial score (nSPS) is 32.8. The van der Waals surface area contributed by atoms with Gasteiger partial charge in [0.2, 0.25) is 11.9 Å². The number of esters is 3. The smallest absolute Gasteiger partial charge is 0.357 e. The third-order valence-corrected chi connectivity index (χ3v) is 10.0. The molecule has 2 aromatic rings. The summed E-state index contributed by atoms with van der Waals surface area (Å²) in [6.45, 7) is 5.97. The number of hydrogen-bond donors (Lipinski definition) is 1. The van der Waals surface area contributed by atoms with Crippen LogP contribution in [0.25, 0.3) is 0 Å². The van der Waals surface area contributed by atoms with E-state index in [-0.39, 0.29) is 24.1 Å². The lowest BCUT2D eigenvalue weighted by molar-refractivity contribution is -0.172. The monoisotopic (exact) mass is 619 g/mol. The Balaban J connectivity index is 1.20. The van der Waals surface area contributed by atoms with Crippen LogP contribution in [-0.4, -0.2) is 78.3 Å². The zero-order chi connectivity index (χ0) is 31.9. The lowest BCUT2D eigenvalue weighted by atomic mass is 9.60. The van der Waals surface area contributed by atoms with Crippen LogP contribution in [-0.2, 0) is 38.7 Å². The van der Waals surface area contributed by atoms with E-state index in [1.165, 1.54) is 0 Å². The average molecular weight is 620 g/mol. The number of likely N-dealkylation sites (tertiary alicyclic amines) is 1. The van der Waals surface area contributed by atoms with Crippen LogP contribution in [0.4, 0.5) is 0 Å². The van der Waals surface area contributed by atoms with E-state index in [2.05, 4.69) is 4.90 Å². The molecule has 7 atom stereocenters. The molecule has 238 valence electrons. The second-order valence-electron chi connectivity index (χ2n) is 13.2. The Morgan fingerprint density at radius 2 is 1.91 bits per heavy atom. The zero-order valence-electron chi connectivity index (χ0n) is 25.9. The minimum absolute atomic E-state index is 0.0823. The van der Waals surface area contributed by atoms with Crippen LogP contribution in [0.3, 0.4) is 0 Å². The summed E-state index contributed by atoms with van der Waals surface area (Å²) in [7, 11) is 3.58. The van der Waals surface area contributed by atoms with E-state index in [0.717, 1.165) is 17.7 Å². The summed E-state index contributed by atoms with van der Waals surface area (Å²) in [5.74, 6) is -1.97. The summed E-state index contributed by atoms with van der Waals surface area (Å²) in [6.07, 6.45) is -1.25. The van der Waals surface area contributed by atoms with Gasteiger partial charge in [-0.2, -0.15) is 0 Å². The predicted octanol–water partition coefficient (Wildman–Crippen LogP) is 3.25. The van der Waals surface area contributed by atoms with Crippen molar-refractivity contribution in [3.8, 4) is 11.5 Å². The zero-order valence-corrected chi connectivity index (χ0v) is 25.9. The lowest BCUT2D eigenvalue weighted by Crippen LogP contribution is -2.67. The molecule has 3 fully saturated rings. The molecule has 1 unspecified atom stereocenters. The first-order valence-corrected chi connectivity index (χ1v) is 15.2. The molecule has 2 aromatic carbocycles. The Morgan fingerprint density at radius 3 is 2.58 bits per heavy atom. The number of likely N-dealkylation sites (N-methyl/N-ethyl adjacent to an activating group) is 1. The number of fused-ring (bicyclic) bond motifs is 3. The van der Waals surface area contributed by atoms with Crippen LogP contribution < -0.4 is 9.47 Å². The molecule has 2 saturated heterocycles. The number of rotatable bonds is 7. The first-order chi connectivity index (χ1) is 21.4. The molecule has 45 heavy (non-hydrogen) atoms. The Labute approximate surface area is 261 Å². The molecule has 2 aliphatic carbocycles. The van der Waals surface area contributed by atoms with E-state index in [1.807, 2.05) is 26.1 Å². The van der Waals surface area contributed by atoms with E-state index >= 15 is 0 Å². The number of cyclic esters (lactones) is 1. The van der Waals surface area contributed by atoms with Gasteiger partial charge in [0.1, 0.15) is 5.76 Å². The molecule has 1 spiro atoms. The van der Waals surface area contributed by atoms with Gasteiger partial charge in [-0.05, 0) is 44.0 Å². The summed E-state index contributed by atoms with van der Waals surface area (Å²) >= 11 is 0. The number of carbonyl (C=O) groups is 3. The molecule has 3 heterocycles. The molecule has 0 bridgehead atoms. The number of aliphatic hydroxyl groups is 1. The first kappa shape index (κ1) is 29.8. The number of aryl methyl sites for hydroxylation is 1. The Bertz CT molecular complexity index is 1600. The molecule has 0 radical (unpaired) electrons. The number of benzene rings is 2. The summed E-state index contributed by atoms with van der Waals surface area (Å²) in [5.41, 5.74) is 0.147. The van der Waals surface area contributed by atoms with Crippen molar-refractivity contribution in [2.75, 3.05) is 20.7 Å². The van der Waals surface area contributed by atoms with Gasteiger partial charge in [-0.15, -0.1) is 0 Å². The fraction of sp³-hybridized carbons (Fsp3) is 0.500. The van der Waals surface area contributed by atoms with Crippen molar-refractivity contribution >= 4 is 17.9 Å². The fourth-order valence-electron chi connectivity index (χ4n) is 8.38. The SMILES string of the molecule is COc1ccc(C)c2c1O[C@H]1C(OC(=O)[C@@H](OC(=O)C[C@@H]3OC(C)(C)OC3=O)c3ccccc3)=CC[C@@]3(O)[C@H]4C(CN4C)C[C@]213. The van der Waals surface area contributed by atoms with Gasteiger partial charge in [-0.25, -0.2) is 9.59 Å². The van der Waals surface area contributed by atoms with Crippen LogP contribution in [0.15, 0.2) is 54.3 Å². The van der Waals surface area contributed by atoms with Gasteiger partial charge in [0.25, 0.3) is 0 Å². The third-order valence-electron chi connectivity index (χ3n) is 10.0. The highest BCUT2D eigenvalue weighted by Crippen LogP contribution is 2.68. The molecule has 1 saturated carbocycles. The number of carbonyl (C=O) groups excluding carboxylic acids is 3. The maximum absolute atomic E-state index is 14.0. The molecule has 5 aliphatic rings. The summed E-state index contributed by atoms with van der Waals surface area (Å²) < 4.78 is 34.7. The van der Waals surface area contributed by atoms with Gasteiger partial charge in [0.05, 0.1) is 24.5 Å². The van der Waals surface area contributed by atoms with E-state index in [1.54, 1.807) is 57.4 Å². The lowest BCUT2D eigenvalue weighted by Gasteiger charge is -2.52. The predicted molar refractivity (Wildman–Crippen MR) is 157 cm³/mol. The van der Waals surface area contributed by atoms with Crippen LogP contribution in [0.5, 0.6) is 11.5 Å². The van der Waals surface area contributed by atoms with E-state index in [4.69, 9.17) is 28.4 Å². The van der Waals surface area contributed by atoms with Gasteiger partial charge >= 0.3 is 17.9 Å². The summed E-state index contributed by atoms with van der Waals surface area (Å²) in [6, 6.07) is 12.2. The number of nitrogens with zero attached hydrogens (tertiary/aromatic N) is 1. The summed E-state index contributed by atoms with van der Waals surface area (Å²) in [4.78, 5) is 41.4. The minimum Gasteiger partial charge on any atom is -0.493 e. The molecule has 3 aliphatic heterocycles. The number of ether oxygens (including phenoxy) is 6. The van der Waals surface area contributed by atoms with Crippen molar-refractivity contribution in [3.05, 3.63) is 71.0 Å². The molecule has 1 N–H and O–H groups in total. The Morgan fingerprint density at radius 1 is 1.16 bits per heavy atom. The van der Waals surface area contributed by atoms with Gasteiger partial charge in [-0.3, -0.25) is 9.69 Å². The third kappa shape index (κ3) is 4.39. The van der Waals surface area contributed by atoms with E-state index < -0.39 is 59.4 Å². The van der Waals surface area contributed by atoms with Crippen molar-refractivity contribution in [3.63, 3.8) is 0 Å². The van der Waals surface area contributed by atoms with Crippen LogP contribution in [0.2, 0.25) is 0 Å². The fourth-order valence-corrected chi connectivity index (χ4v) is 8.38. The standard InChI is InChI=1S/C34H37NO10/c1-18-11-12-21(40-5)27-25(18)33-16-20-17-35(4)28(20)34(33,39)14-13-22(29(33)43-27)41-31(38)26(19-9-7-6-8-10-19)42-24(36)15-23-30(37)45-32(2,3)44-23/h6-13,20,23,26,28-29,39H,14-17H2,1-5H3/t20?,23-,26-,28+,29-,33-,34+/m0/s1. The molecule has 7 rings (SSSR count). The topological polar surface area (TPSA) is 130 Å². The van der Waals surface area contributed by atoms with Crippen molar-refractivity contribution in [2.24, 2.45) is 5.92 Å². The van der Waals surface area contributed by atoms with Crippen LogP contribution in [0.1, 0.15) is 55.9 Å². The van der Waals surface area contributed by atoms with Crippen molar-refractivity contribution in [1.29, 1.82) is 0 Å². The van der Waals surface area contributed by atoms with Gasteiger partial charge in [0.15, 0.2) is 23.7 Å². The molecule has 0 aromatic heterocycles. The van der Waals surface area contributed by atoms with Crippen molar-refractivity contribution in [2.45, 2.75) is 81.2 Å². The highest BCUT2D eigenvalue weighted by molar-refractivity contribution is 5.85. The van der Waals surface area contributed by atoms with Gasteiger partial charge in [-0.1, -0.05) is 36.4 Å². The van der Waals surface area contributed by atoms with E-state index in [9.17, 15) is 19.5 Å². The quantitative estimate of drug-likeness (QED) is 0.362. The van der Waals surface area contributed by atoms with Gasteiger partial charge < -0.3 is 33.5 Å². The maximum Gasteiger partial charge on any atom is 0.357 e. The molecule has 11 nitrogen and oxygen atoms in total. The first-order valence-electron chi connectivity index (χ1n) is 15.2. The van der Waals surface area contributed by atoms with Crippen LogP contribution in [0, 0.1) is 12.8 Å². The largest absolute Gasteiger partial charge is 0.493 e. The van der Waals surface area contributed by atoms with Crippen LogP contribution >= 0.6 is 0 Å². The second-order valence-corrected chi connectivity index (χ2v) is 13.2. The molecular weight excluding hydrogens is 582 g/mol. The number of hydrogen-bond acceptors (Lipinski definition) is 11. The van der Waals surface area contributed by atoms with Crippen molar-refractivity contribution < 1.29 is 47.9 Å². The second kappa shape index (κ2) is 10.3. The maximum atomic E-state index is 14.0. The minimum atomic E-state index is -1.44. The van der Waals surface area contributed by atoms with E-state index in [0.29, 0.717) is 23.5 Å². The van der Waals surface area contributed by atoms with Crippen molar-refractivity contribution in [1.82, 2.24) is 4.90 Å². The highest BCUT2D eigenvalue weighted by atomic mass is 16.8. The Kier molecular flexibility index (Phi) is 6.81. The summed E-state index contributed by atoms with van der Waals surface area (Å²) in [5, 5.41) is 12.6. The number of methoxy groups -OCH3 is 1.